The van der Waals surface area contributed by atoms with Gasteiger partial charge in [0.05, 0.1) is 10.7 Å². The van der Waals surface area contributed by atoms with Crippen molar-refractivity contribution in [1.82, 2.24) is 9.78 Å². The number of fused-ring (bicyclic) bond motifs is 1. The molecule has 1 unspecified atom stereocenters. The molecule has 1 aliphatic heterocycles. The summed E-state index contributed by atoms with van der Waals surface area (Å²) in [6, 6.07) is 4.30. The first kappa shape index (κ1) is 20.3. The number of nitrogens with zero attached hydrogens (tertiary/aromatic N) is 3. The summed E-state index contributed by atoms with van der Waals surface area (Å²) < 4.78 is 2.16. The van der Waals surface area contributed by atoms with Gasteiger partial charge >= 0.3 is 0 Å². The molecule has 3 rings (SSSR count). The third-order valence-corrected chi connectivity index (χ3v) is 6.12. The van der Waals surface area contributed by atoms with Crippen molar-refractivity contribution in [2.24, 2.45) is 7.05 Å². The Balaban J connectivity index is 2.05. The van der Waals surface area contributed by atoms with Crippen LogP contribution in [0, 0.1) is 13.8 Å². The van der Waals surface area contributed by atoms with E-state index in [1.54, 1.807) is 0 Å². The lowest BCUT2D eigenvalue weighted by atomic mass is 9.89. The molecule has 1 aromatic carbocycles. The van der Waals surface area contributed by atoms with Crippen LogP contribution >= 0.6 is 11.6 Å². The lowest BCUT2D eigenvalue weighted by molar-refractivity contribution is 0.501. The van der Waals surface area contributed by atoms with Crippen molar-refractivity contribution in [3.05, 3.63) is 39.5 Å². The van der Waals surface area contributed by atoms with Gasteiger partial charge in [-0.25, -0.2) is 0 Å². The summed E-state index contributed by atoms with van der Waals surface area (Å²) in [6.45, 7) is 9.83. The fourth-order valence-electron chi connectivity index (χ4n) is 4.74. The van der Waals surface area contributed by atoms with Gasteiger partial charge in [-0.3, -0.25) is 4.68 Å². The molecule has 0 saturated carbocycles. The van der Waals surface area contributed by atoms with Gasteiger partial charge in [0.15, 0.2) is 5.82 Å². The third kappa shape index (κ3) is 4.03. The summed E-state index contributed by atoms with van der Waals surface area (Å²) in [5.41, 5.74) is 6.49. The van der Waals surface area contributed by atoms with Gasteiger partial charge in [-0.1, -0.05) is 50.8 Å². The van der Waals surface area contributed by atoms with Crippen molar-refractivity contribution < 1.29 is 0 Å². The van der Waals surface area contributed by atoms with Crippen molar-refractivity contribution in [2.45, 2.75) is 78.6 Å². The number of unbranched alkanes of at least 4 members (excludes halogenated alkanes) is 1. The molecular formula is C23H34ClN3. The highest BCUT2D eigenvalue weighted by Gasteiger charge is 2.30. The van der Waals surface area contributed by atoms with E-state index in [0.717, 1.165) is 35.9 Å². The van der Waals surface area contributed by atoms with Crippen LogP contribution in [0.25, 0.3) is 0 Å². The molecular weight excluding hydrogens is 354 g/mol. The lowest BCUT2D eigenvalue weighted by Gasteiger charge is -2.30. The van der Waals surface area contributed by atoms with Crippen LogP contribution in [-0.2, 0) is 13.5 Å². The topological polar surface area (TPSA) is 21.1 Å². The average molecular weight is 388 g/mol. The summed E-state index contributed by atoms with van der Waals surface area (Å²) in [5, 5.41) is 5.85. The summed E-state index contributed by atoms with van der Waals surface area (Å²) in [6.07, 6.45) is 8.56. The fourth-order valence-corrected chi connectivity index (χ4v) is 5.16. The zero-order valence-corrected chi connectivity index (χ0v) is 18.4. The number of rotatable bonds is 7. The molecule has 3 nitrogen and oxygen atoms in total. The maximum atomic E-state index is 6.69. The standard InChI is InChI=1S/C23H34ClN3/c1-6-8-11-18(10-7-2)22-19-12-9-13-27(23(19)25-26(22)5)21-17(4)14-16(3)15-20(21)24/h14-15,18H,6-13H2,1-5H3. The summed E-state index contributed by atoms with van der Waals surface area (Å²) in [7, 11) is 2.13. The Morgan fingerprint density at radius 1 is 1.15 bits per heavy atom. The lowest BCUT2D eigenvalue weighted by Crippen LogP contribution is -2.26. The normalized spacial score (nSPS) is 15.1. The van der Waals surface area contributed by atoms with E-state index in [1.165, 1.54) is 54.5 Å². The molecule has 0 spiro atoms. The van der Waals surface area contributed by atoms with E-state index >= 15 is 0 Å². The molecule has 0 amide bonds. The van der Waals surface area contributed by atoms with Gasteiger partial charge in [-0.05, 0) is 56.7 Å². The van der Waals surface area contributed by atoms with Crippen LogP contribution in [-0.4, -0.2) is 16.3 Å². The SMILES string of the molecule is CCCCC(CCC)c1c2c(nn1C)N(c1c(C)cc(C)cc1Cl)CCC2. The highest BCUT2D eigenvalue weighted by Crippen LogP contribution is 2.42. The molecule has 0 aliphatic carbocycles. The third-order valence-electron chi connectivity index (χ3n) is 5.83. The molecule has 4 heteroatoms. The number of hydrogen-bond donors (Lipinski definition) is 0. The van der Waals surface area contributed by atoms with Gasteiger partial charge in [-0.15, -0.1) is 0 Å². The van der Waals surface area contributed by atoms with Gasteiger partial charge in [0, 0.05) is 30.8 Å². The van der Waals surface area contributed by atoms with E-state index in [-0.39, 0.29) is 0 Å². The first-order chi connectivity index (χ1) is 13.0. The van der Waals surface area contributed by atoms with E-state index in [2.05, 4.69) is 56.5 Å². The number of aryl methyl sites for hydroxylation is 3. The van der Waals surface area contributed by atoms with Crippen molar-refractivity contribution >= 4 is 23.1 Å². The molecule has 27 heavy (non-hydrogen) atoms. The highest BCUT2D eigenvalue weighted by atomic mass is 35.5. The van der Waals surface area contributed by atoms with E-state index in [4.69, 9.17) is 16.7 Å². The number of hydrogen-bond acceptors (Lipinski definition) is 2. The molecule has 2 aromatic rings. The predicted molar refractivity (Wildman–Crippen MR) is 117 cm³/mol. The highest BCUT2D eigenvalue weighted by molar-refractivity contribution is 6.33. The van der Waals surface area contributed by atoms with Gasteiger partial charge in [0.2, 0.25) is 0 Å². The van der Waals surface area contributed by atoms with Gasteiger partial charge in [0.1, 0.15) is 0 Å². The first-order valence-corrected chi connectivity index (χ1v) is 11.0. The Labute approximate surface area is 169 Å². The molecule has 0 saturated heterocycles. The molecule has 148 valence electrons. The zero-order chi connectivity index (χ0) is 19.6. The van der Waals surface area contributed by atoms with Crippen LogP contribution in [0.1, 0.15) is 80.7 Å². The Morgan fingerprint density at radius 2 is 1.93 bits per heavy atom. The maximum Gasteiger partial charge on any atom is 0.158 e. The molecule has 1 aliphatic rings. The minimum Gasteiger partial charge on any atom is -0.323 e. The summed E-state index contributed by atoms with van der Waals surface area (Å²) in [4.78, 5) is 2.36. The zero-order valence-electron chi connectivity index (χ0n) is 17.6. The molecule has 1 aromatic heterocycles. The van der Waals surface area contributed by atoms with E-state index < -0.39 is 0 Å². The van der Waals surface area contributed by atoms with Gasteiger partial charge in [0.25, 0.3) is 0 Å². The van der Waals surface area contributed by atoms with Gasteiger partial charge in [-0.2, -0.15) is 5.10 Å². The Bertz CT molecular complexity index is 770. The molecule has 0 bridgehead atoms. The monoisotopic (exact) mass is 387 g/mol. The second-order valence-electron chi connectivity index (χ2n) is 8.11. The summed E-state index contributed by atoms with van der Waals surface area (Å²) in [5.74, 6) is 1.75. The van der Waals surface area contributed by atoms with Crippen molar-refractivity contribution in [2.75, 3.05) is 11.4 Å². The van der Waals surface area contributed by atoms with Crippen LogP contribution in [0.3, 0.4) is 0 Å². The fraction of sp³-hybridized carbons (Fsp3) is 0.609. The molecule has 0 N–H and O–H groups in total. The van der Waals surface area contributed by atoms with E-state index in [9.17, 15) is 0 Å². The number of halogens is 1. The van der Waals surface area contributed by atoms with Crippen LogP contribution in [0.5, 0.6) is 0 Å². The Kier molecular flexibility index (Phi) is 6.52. The summed E-state index contributed by atoms with van der Waals surface area (Å²) >= 11 is 6.69. The van der Waals surface area contributed by atoms with Crippen LogP contribution in [0.4, 0.5) is 11.5 Å². The number of benzene rings is 1. The van der Waals surface area contributed by atoms with Crippen molar-refractivity contribution in [1.29, 1.82) is 0 Å². The van der Waals surface area contributed by atoms with Crippen LogP contribution in [0.15, 0.2) is 12.1 Å². The molecule has 2 heterocycles. The van der Waals surface area contributed by atoms with Crippen molar-refractivity contribution in [3.8, 4) is 0 Å². The predicted octanol–water partition coefficient (Wildman–Crippen LogP) is 6.85. The molecule has 0 fully saturated rings. The van der Waals surface area contributed by atoms with Crippen molar-refractivity contribution in [3.63, 3.8) is 0 Å². The molecule has 0 radical (unpaired) electrons. The van der Waals surface area contributed by atoms with Gasteiger partial charge < -0.3 is 4.90 Å². The Morgan fingerprint density at radius 3 is 2.59 bits per heavy atom. The average Bonchev–Trinajstić information content (AvgIpc) is 2.94. The first-order valence-electron chi connectivity index (χ1n) is 10.6. The quantitative estimate of drug-likeness (QED) is 0.518. The van der Waals surface area contributed by atoms with Crippen LogP contribution in [0.2, 0.25) is 5.02 Å². The minimum absolute atomic E-state index is 0.616. The van der Waals surface area contributed by atoms with Crippen LogP contribution < -0.4 is 4.90 Å². The van der Waals surface area contributed by atoms with E-state index in [1.807, 2.05) is 0 Å². The Hall–Kier alpha value is -1.48. The number of aromatic nitrogens is 2. The maximum absolute atomic E-state index is 6.69. The van der Waals surface area contributed by atoms with E-state index in [0.29, 0.717) is 5.92 Å². The largest absolute Gasteiger partial charge is 0.323 e. The number of anilines is 2. The molecule has 1 atom stereocenters. The minimum atomic E-state index is 0.616. The smallest absolute Gasteiger partial charge is 0.158 e. The second-order valence-corrected chi connectivity index (χ2v) is 8.51. The second kappa shape index (κ2) is 8.68.